The lowest BCUT2D eigenvalue weighted by molar-refractivity contribution is 0.0631. The number of carbonyl (C=O) groups excluding carboxylic acids is 3. The molecule has 4 aromatic rings. The zero-order chi connectivity index (χ0) is 24.8. The van der Waals surface area contributed by atoms with Crippen molar-refractivity contribution in [3.05, 3.63) is 89.0 Å². The van der Waals surface area contributed by atoms with Gasteiger partial charge in [0.05, 0.1) is 40.7 Å². The van der Waals surface area contributed by atoms with E-state index in [9.17, 15) is 14.4 Å². The van der Waals surface area contributed by atoms with Crippen LogP contribution in [-0.2, 0) is 6.54 Å². The van der Waals surface area contributed by atoms with Gasteiger partial charge in [0, 0.05) is 31.7 Å². The van der Waals surface area contributed by atoms with E-state index in [1.54, 1.807) is 29.2 Å². The van der Waals surface area contributed by atoms with Gasteiger partial charge in [0.25, 0.3) is 17.7 Å². The van der Waals surface area contributed by atoms with Crippen molar-refractivity contribution >= 4 is 34.6 Å². The van der Waals surface area contributed by atoms with Gasteiger partial charge in [0.15, 0.2) is 5.82 Å². The molecule has 0 spiro atoms. The summed E-state index contributed by atoms with van der Waals surface area (Å²) in [7, 11) is 0. The number of carbonyl (C=O) groups is 3. The maximum Gasteiger partial charge on any atom is 0.261 e. The van der Waals surface area contributed by atoms with Gasteiger partial charge in [0.2, 0.25) is 0 Å². The molecule has 0 bridgehead atoms. The lowest BCUT2D eigenvalue weighted by Crippen LogP contribution is -2.49. The van der Waals surface area contributed by atoms with E-state index in [1.807, 2.05) is 31.2 Å². The van der Waals surface area contributed by atoms with Gasteiger partial charge in [-0.25, -0.2) is 9.97 Å². The first kappa shape index (κ1) is 22.0. The summed E-state index contributed by atoms with van der Waals surface area (Å²) in [5, 5.41) is 0. The third-order valence-electron chi connectivity index (χ3n) is 6.70. The number of anilines is 1. The minimum atomic E-state index is -0.420. The minimum absolute atomic E-state index is 0.0572. The molecule has 0 unspecified atom stereocenters. The number of rotatable bonds is 4. The Kier molecular flexibility index (Phi) is 5.25. The van der Waals surface area contributed by atoms with Crippen LogP contribution in [0.2, 0.25) is 0 Å². The molecule has 0 atom stereocenters. The fourth-order valence-corrected chi connectivity index (χ4v) is 4.81. The smallest absolute Gasteiger partial charge is 0.261 e. The molecule has 0 saturated carbocycles. The van der Waals surface area contributed by atoms with Crippen molar-refractivity contribution in [2.75, 3.05) is 31.1 Å². The van der Waals surface area contributed by atoms with Crippen LogP contribution in [0.3, 0.4) is 0 Å². The third kappa shape index (κ3) is 3.69. The summed E-state index contributed by atoms with van der Waals surface area (Å²) in [5.41, 5.74) is 3.51. The highest BCUT2D eigenvalue weighted by atomic mass is 16.3. The van der Waals surface area contributed by atoms with Crippen LogP contribution in [0.5, 0.6) is 0 Å². The molecule has 6 rings (SSSR count). The molecule has 2 aliphatic heterocycles. The number of hydrogen-bond donors (Lipinski definition) is 0. The van der Waals surface area contributed by atoms with Crippen LogP contribution >= 0.6 is 0 Å². The Balaban J connectivity index is 1.16. The summed E-state index contributed by atoms with van der Waals surface area (Å²) >= 11 is 0. The Morgan fingerprint density at radius 2 is 1.61 bits per heavy atom. The summed E-state index contributed by atoms with van der Waals surface area (Å²) in [6, 6.07) is 15.9. The molecule has 2 aromatic heterocycles. The first-order chi connectivity index (χ1) is 17.5. The normalized spacial score (nSPS) is 15.6. The average Bonchev–Trinajstić information content (AvgIpc) is 3.51. The molecule has 2 aromatic carbocycles. The van der Waals surface area contributed by atoms with E-state index in [-0.39, 0.29) is 23.9 Å². The number of nitrogens with zero attached hydrogens (tertiary/aromatic N) is 5. The molecular formula is C27H23N5O4. The number of piperazine rings is 1. The van der Waals surface area contributed by atoms with E-state index in [4.69, 9.17) is 9.40 Å². The highest BCUT2D eigenvalue weighted by Gasteiger charge is 2.37. The minimum Gasteiger partial charge on any atom is -0.467 e. The number of para-hydroxylation sites is 2. The third-order valence-corrected chi connectivity index (χ3v) is 6.70. The molecular weight excluding hydrogens is 458 g/mol. The summed E-state index contributed by atoms with van der Waals surface area (Å²) < 4.78 is 5.28. The van der Waals surface area contributed by atoms with E-state index >= 15 is 0 Å². The number of imide groups is 1. The van der Waals surface area contributed by atoms with Crippen molar-refractivity contribution < 1.29 is 18.8 Å². The average molecular weight is 482 g/mol. The molecule has 180 valence electrons. The molecule has 9 nitrogen and oxygen atoms in total. The number of hydrogen-bond acceptors (Lipinski definition) is 7. The van der Waals surface area contributed by atoms with Gasteiger partial charge < -0.3 is 14.2 Å². The van der Waals surface area contributed by atoms with Crippen LogP contribution in [0.15, 0.2) is 65.3 Å². The lowest BCUT2D eigenvalue weighted by atomic mass is 10.0. The fourth-order valence-electron chi connectivity index (χ4n) is 4.81. The van der Waals surface area contributed by atoms with Crippen molar-refractivity contribution in [3.63, 3.8) is 0 Å². The maximum atomic E-state index is 13.3. The fraction of sp³-hybridized carbons (Fsp3) is 0.222. The van der Waals surface area contributed by atoms with Crippen LogP contribution in [0.1, 0.15) is 42.5 Å². The molecule has 4 heterocycles. The largest absolute Gasteiger partial charge is 0.467 e. The highest BCUT2D eigenvalue weighted by molar-refractivity contribution is 6.22. The number of benzene rings is 2. The first-order valence-electron chi connectivity index (χ1n) is 11.8. The molecule has 0 radical (unpaired) electrons. The van der Waals surface area contributed by atoms with Gasteiger partial charge >= 0.3 is 0 Å². The monoisotopic (exact) mass is 481 g/mol. The van der Waals surface area contributed by atoms with Crippen LogP contribution in [0, 0.1) is 6.92 Å². The Morgan fingerprint density at radius 3 is 2.33 bits per heavy atom. The number of aromatic nitrogens is 2. The van der Waals surface area contributed by atoms with Gasteiger partial charge in [-0.1, -0.05) is 12.1 Å². The number of amides is 3. The lowest BCUT2D eigenvalue weighted by Gasteiger charge is -2.36. The predicted octanol–water partition coefficient (Wildman–Crippen LogP) is 3.29. The second kappa shape index (κ2) is 8.60. The first-order valence-corrected chi connectivity index (χ1v) is 11.8. The van der Waals surface area contributed by atoms with Gasteiger partial charge in [-0.05, 0) is 49.4 Å². The Hall–Kier alpha value is -4.53. The summed E-state index contributed by atoms with van der Waals surface area (Å²) in [4.78, 5) is 53.5. The highest BCUT2D eigenvalue weighted by Crippen LogP contribution is 2.27. The van der Waals surface area contributed by atoms with Gasteiger partial charge in [-0.2, -0.15) is 0 Å². The number of furan rings is 1. The molecule has 0 N–H and O–H groups in total. The van der Waals surface area contributed by atoms with E-state index in [0.717, 1.165) is 27.4 Å². The van der Waals surface area contributed by atoms with Crippen molar-refractivity contribution in [1.29, 1.82) is 0 Å². The summed E-state index contributed by atoms with van der Waals surface area (Å²) in [6.45, 7) is 4.28. The molecule has 3 amide bonds. The van der Waals surface area contributed by atoms with E-state index in [2.05, 4.69) is 9.88 Å². The van der Waals surface area contributed by atoms with E-state index < -0.39 is 5.91 Å². The molecule has 2 aliphatic rings. The second-order valence-electron chi connectivity index (χ2n) is 8.94. The van der Waals surface area contributed by atoms with Crippen molar-refractivity contribution in [3.8, 4) is 0 Å². The van der Waals surface area contributed by atoms with Crippen LogP contribution in [0.25, 0.3) is 11.0 Å². The quantitative estimate of drug-likeness (QED) is 0.413. The Labute approximate surface area is 206 Å². The van der Waals surface area contributed by atoms with Crippen LogP contribution < -0.4 is 4.90 Å². The van der Waals surface area contributed by atoms with E-state index in [1.165, 1.54) is 12.3 Å². The topological polar surface area (TPSA) is 99.8 Å². The van der Waals surface area contributed by atoms with Crippen molar-refractivity contribution in [1.82, 2.24) is 19.8 Å². The molecule has 1 fully saturated rings. The molecule has 1 saturated heterocycles. The Morgan fingerprint density at radius 1 is 0.889 bits per heavy atom. The van der Waals surface area contributed by atoms with Gasteiger partial charge in [-0.15, -0.1) is 0 Å². The zero-order valence-corrected chi connectivity index (χ0v) is 19.7. The number of aryl methyl sites for hydroxylation is 1. The van der Waals surface area contributed by atoms with Crippen molar-refractivity contribution in [2.24, 2.45) is 0 Å². The Bertz CT molecular complexity index is 1510. The summed E-state index contributed by atoms with van der Waals surface area (Å²) in [6.07, 6.45) is 1.50. The molecule has 36 heavy (non-hydrogen) atoms. The predicted molar refractivity (Wildman–Crippen MR) is 132 cm³/mol. The van der Waals surface area contributed by atoms with Gasteiger partial charge in [-0.3, -0.25) is 19.3 Å². The molecule has 0 aliphatic carbocycles. The molecule has 9 heteroatoms. The SMILES string of the molecule is Cc1nc2ccccc2nc1N1CCN(C(=O)c2ccc3c(c2)C(=O)N(Cc2ccco2)C3=O)CC1. The van der Waals surface area contributed by atoms with Crippen molar-refractivity contribution in [2.45, 2.75) is 13.5 Å². The van der Waals surface area contributed by atoms with E-state index in [0.29, 0.717) is 43.1 Å². The number of fused-ring (bicyclic) bond motifs is 2. The van der Waals surface area contributed by atoms with Crippen LogP contribution in [-0.4, -0.2) is 63.7 Å². The zero-order valence-electron chi connectivity index (χ0n) is 19.7. The second-order valence-corrected chi connectivity index (χ2v) is 8.94. The van der Waals surface area contributed by atoms with Gasteiger partial charge in [0.1, 0.15) is 5.76 Å². The maximum absolute atomic E-state index is 13.3. The van der Waals surface area contributed by atoms with Crippen LogP contribution in [0.4, 0.5) is 5.82 Å². The summed E-state index contributed by atoms with van der Waals surface area (Å²) in [5.74, 6) is 0.384. The standard InChI is InChI=1S/C27H23N5O4/c1-17-24(29-23-7-3-2-6-22(23)28-17)30-10-12-31(13-11-30)25(33)18-8-9-20-21(15-18)27(35)32(26(20)34)16-19-5-4-14-36-19/h2-9,14-15H,10-13,16H2,1H3.